The fraction of sp³-hybridized carbons (Fsp3) is 0.231. The minimum Gasteiger partial charge on any atom is -0.326 e. The third-order valence-corrected chi connectivity index (χ3v) is 2.57. The predicted molar refractivity (Wildman–Crippen MR) is 73.2 cm³/mol. The van der Waals surface area contributed by atoms with Gasteiger partial charge in [0.1, 0.15) is 6.54 Å². The van der Waals surface area contributed by atoms with Crippen molar-refractivity contribution in [2.45, 2.75) is 20.0 Å². The van der Waals surface area contributed by atoms with Crippen molar-refractivity contribution in [2.24, 2.45) is 5.73 Å². The molecule has 2 aromatic rings. The summed E-state index contributed by atoms with van der Waals surface area (Å²) in [4.78, 5) is 0. The topological polar surface area (TPSA) is 67.6 Å². The average molecular weight is 263 g/mol. The molecular formula is C13H15ClN4. The van der Waals surface area contributed by atoms with Gasteiger partial charge in [0, 0.05) is 18.3 Å². The van der Waals surface area contributed by atoms with E-state index in [-0.39, 0.29) is 19.0 Å². The van der Waals surface area contributed by atoms with Crippen molar-refractivity contribution in [3.05, 3.63) is 41.7 Å². The van der Waals surface area contributed by atoms with Crippen LogP contribution in [0.2, 0.25) is 0 Å². The van der Waals surface area contributed by atoms with Gasteiger partial charge < -0.3 is 5.73 Å². The zero-order valence-electron chi connectivity index (χ0n) is 10.1. The fourth-order valence-corrected chi connectivity index (χ4v) is 1.82. The molecule has 0 aliphatic heterocycles. The van der Waals surface area contributed by atoms with Crippen molar-refractivity contribution < 1.29 is 0 Å². The van der Waals surface area contributed by atoms with Crippen LogP contribution in [0.4, 0.5) is 0 Å². The Morgan fingerprint density at radius 1 is 1.33 bits per heavy atom. The van der Waals surface area contributed by atoms with Gasteiger partial charge in [-0.15, -0.1) is 12.4 Å². The summed E-state index contributed by atoms with van der Waals surface area (Å²) < 4.78 is 1.62. The smallest absolute Gasteiger partial charge is 0.128 e. The summed E-state index contributed by atoms with van der Waals surface area (Å²) in [5.41, 5.74) is 10.0. The second-order valence-electron chi connectivity index (χ2n) is 4.00. The van der Waals surface area contributed by atoms with E-state index in [2.05, 4.69) is 29.4 Å². The SMILES string of the molecule is Cc1cc(CN)cc(-c2cnn(CC#N)c2)c1.Cl. The monoisotopic (exact) mass is 262 g/mol. The Hall–Kier alpha value is -1.83. The number of hydrogen-bond acceptors (Lipinski definition) is 3. The van der Waals surface area contributed by atoms with Gasteiger partial charge in [0.15, 0.2) is 0 Å². The van der Waals surface area contributed by atoms with E-state index in [0.717, 1.165) is 16.7 Å². The van der Waals surface area contributed by atoms with E-state index >= 15 is 0 Å². The van der Waals surface area contributed by atoms with E-state index in [1.165, 1.54) is 5.56 Å². The van der Waals surface area contributed by atoms with Gasteiger partial charge in [0.05, 0.1) is 12.3 Å². The van der Waals surface area contributed by atoms with Crippen LogP contribution >= 0.6 is 12.4 Å². The Labute approximate surface area is 112 Å². The number of aromatic nitrogens is 2. The highest BCUT2D eigenvalue weighted by Crippen LogP contribution is 2.21. The standard InChI is InChI=1S/C13H14N4.ClH/c1-10-4-11(7-15)6-12(5-10)13-8-16-17(9-13)3-2-14;/h4-6,8-9H,3,7,15H2,1H3;1H. The van der Waals surface area contributed by atoms with Gasteiger partial charge in [0.2, 0.25) is 0 Å². The van der Waals surface area contributed by atoms with Crippen molar-refractivity contribution in [2.75, 3.05) is 0 Å². The van der Waals surface area contributed by atoms with Gasteiger partial charge in [-0.3, -0.25) is 4.68 Å². The number of hydrogen-bond donors (Lipinski definition) is 1. The molecule has 0 spiro atoms. The predicted octanol–water partition coefficient (Wildman–Crippen LogP) is 2.26. The van der Waals surface area contributed by atoms with Crippen LogP contribution in [-0.4, -0.2) is 9.78 Å². The number of benzene rings is 1. The maximum Gasteiger partial charge on any atom is 0.128 e. The third-order valence-electron chi connectivity index (χ3n) is 2.57. The van der Waals surface area contributed by atoms with Crippen molar-refractivity contribution in [3.63, 3.8) is 0 Å². The molecule has 0 unspecified atom stereocenters. The highest BCUT2D eigenvalue weighted by Gasteiger charge is 2.03. The Kier molecular flexibility index (Phi) is 4.90. The molecule has 1 heterocycles. The van der Waals surface area contributed by atoms with Crippen molar-refractivity contribution in [1.29, 1.82) is 5.26 Å². The molecule has 0 bridgehead atoms. The van der Waals surface area contributed by atoms with Crippen molar-refractivity contribution >= 4 is 12.4 Å². The normalized spacial score (nSPS) is 9.61. The lowest BCUT2D eigenvalue weighted by molar-refractivity contribution is 0.710. The second-order valence-corrected chi connectivity index (χ2v) is 4.00. The summed E-state index contributed by atoms with van der Waals surface area (Å²) in [5.74, 6) is 0. The Morgan fingerprint density at radius 2 is 2.11 bits per heavy atom. The largest absolute Gasteiger partial charge is 0.326 e. The van der Waals surface area contributed by atoms with Crippen LogP contribution in [0.5, 0.6) is 0 Å². The molecule has 5 heteroatoms. The van der Waals surface area contributed by atoms with Crippen LogP contribution < -0.4 is 5.73 Å². The first-order valence-corrected chi connectivity index (χ1v) is 5.43. The van der Waals surface area contributed by atoms with Crippen molar-refractivity contribution in [3.8, 4) is 17.2 Å². The zero-order chi connectivity index (χ0) is 12.3. The Morgan fingerprint density at radius 3 is 2.78 bits per heavy atom. The number of nitrogens with zero attached hydrogens (tertiary/aromatic N) is 3. The molecule has 1 aromatic carbocycles. The molecule has 0 radical (unpaired) electrons. The van der Waals surface area contributed by atoms with E-state index < -0.39 is 0 Å². The van der Waals surface area contributed by atoms with Gasteiger partial charge in [-0.05, 0) is 24.1 Å². The van der Waals surface area contributed by atoms with E-state index in [1.807, 2.05) is 13.1 Å². The molecule has 4 nitrogen and oxygen atoms in total. The van der Waals surface area contributed by atoms with Gasteiger partial charge in [-0.25, -0.2) is 0 Å². The molecule has 0 atom stereocenters. The molecule has 2 rings (SSSR count). The summed E-state index contributed by atoms with van der Waals surface area (Å²) in [5, 5.41) is 12.7. The van der Waals surface area contributed by atoms with Gasteiger partial charge in [-0.1, -0.05) is 17.7 Å². The molecule has 0 saturated heterocycles. The number of halogens is 1. The molecule has 2 N–H and O–H groups in total. The summed E-state index contributed by atoms with van der Waals surface area (Å²) in [6, 6.07) is 8.28. The quantitative estimate of drug-likeness (QED) is 0.923. The van der Waals surface area contributed by atoms with Gasteiger partial charge in [0.25, 0.3) is 0 Å². The molecule has 94 valence electrons. The van der Waals surface area contributed by atoms with Crippen LogP contribution in [0.1, 0.15) is 11.1 Å². The van der Waals surface area contributed by atoms with E-state index in [0.29, 0.717) is 6.54 Å². The van der Waals surface area contributed by atoms with Gasteiger partial charge in [-0.2, -0.15) is 10.4 Å². The average Bonchev–Trinajstić information content (AvgIpc) is 2.77. The maximum absolute atomic E-state index is 8.60. The minimum atomic E-state index is 0. The number of nitriles is 1. The molecule has 0 aliphatic rings. The first-order chi connectivity index (χ1) is 8.22. The second kappa shape index (κ2) is 6.20. The first kappa shape index (κ1) is 14.2. The van der Waals surface area contributed by atoms with E-state index in [4.69, 9.17) is 11.0 Å². The number of rotatable bonds is 3. The van der Waals surface area contributed by atoms with Gasteiger partial charge >= 0.3 is 0 Å². The lowest BCUT2D eigenvalue weighted by Crippen LogP contribution is -1.97. The molecular weight excluding hydrogens is 248 g/mol. The third kappa shape index (κ3) is 3.10. The summed E-state index contributed by atoms with van der Waals surface area (Å²) in [6.07, 6.45) is 3.64. The maximum atomic E-state index is 8.60. The van der Waals surface area contributed by atoms with Crippen molar-refractivity contribution in [1.82, 2.24) is 9.78 Å². The molecule has 18 heavy (non-hydrogen) atoms. The lowest BCUT2D eigenvalue weighted by Gasteiger charge is -2.04. The first-order valence-electron chi connectivity index (χ1n) is 5.43. The summed E-state index contributed by atoms with van der Waals surface area (Å²) >= 11 is 0. The van der Waals surface area contributed by atoms with Crippen LogP contribution in [-0.2, 0) is 13.1 Å². The molecule has 1 aromatic heterocycles. The Bertz CT molecular complexity index is 569. The minimum absolute atomic E-state index is 0. The molecule has 0 saturated carbocycles. The molecule has 0 fully saturated rings. The zero-order valence-corrected chi connectivity index (χ0v) is 10.9. The lowest BCUT2D eigenvalue weighted by atomic mass is 10.0. The highest BCUT2D eigenvalue weighted by atomic mass is 35.5. The number of nitrogens with two attached hydrogens (primary N) is 1. The van der Waals surface area contributed by atoms with Crippen LogP contribution in [0.25, 0.3) is 11.1 Å². The molecule has 0 amide bonds. The van der Waals surface area contributed by atoms with Crippen LogP contribution in [0.15, 0.2) is 30.6 Å². The highest BCUT2D eigenvalue weighted by molar-refractivity contribution is 5.85. The summed E-state index contributed by atoms with van der Waals surface area (Å²) in [7, 11) is 0. The molecule has 0 aliphatic carbocycles. The van der Waals surface area contributed by atoms with Crippen LogP contribution in [0.3, 0.4) is 0 Å². The Balaban J connectivity index is 0.00000162. The van der Waals surface area contributed by atoms with E-state index in [1.54, 1.807) is 10.9 Å². The fourth-order valence-electron chi connectivity index (χ4n) is 1.82. The number of aryl methyl sites for hydroxylation is 1. The van der Waals surface area contributed by atoms with E-state index in [9.17, 15) is 0 Å². The summed E-state index contributed by atoms with van der Waals surface area (Å²) in [6.45, 7) is 2.85. The van der Waals surface area contributed by atoms with Crippen LogP contribution in [0, 0.1) is 18.3 Å².